The van der Waals surface area contributed by atoms with E-state index in [-0.39, 0.29) is 5.11 Å². The maximum atomic E-state index is 5.33. The van der Waals surface area contributed by atoms with E-state index in [0.29, 0.717) is 0 Å². The molecule has 1 aromatic rings. The summed E-state index contributed by atoms with van der Waals surface area (Å²) in [5.41, 5.74) is 10.2. The Morgan fingerprint density at radius 3 is 2.39 bits per heavy atom. The first-order valence-electron chi connectivity index (χ1n) is 8.40. The van der Waals surface area contributed by atoms with Gasteiger partial charge in [-0.3, -0.25) is 10.3 Å². The maximum absolute atomic E-state index is 5.33. The number of rotatable bonds is 4. The van der Waals surface area contributed by atoms with E-state index >= 15 is 0 Å². The van der Waals surface area contributed by atoms with E-state index < -0.39 is 0 Å². The van der Waals surface area contributed by atoms with Crippen molar-refractivity contribution in [1.29, 1.82) is 0 Å². The van der Waals surface area contributed by atoms with Crippen molar-refractivity contribution in [3.05, 3.63) is 29.8 Å². The average Bonchev–Trinajstić information content (AvgIpc) is 3.10. The molecule has 0 unspecified atom stereocenters. The van der Waals surface area contributed by atoms with E-state index in [1.165, 1.54) is 44.5 Å². The molecule has 124 valence electrons. The third-order valence-electron chi connectivity index (χ3n) is 4.80. The highest BCUT2D eigenvalue weighted by atomic mass is 32.1. The number of hydrogen-bond acceptors (Lipinski definition) is 4. The first-order valence-corrected chi connectivity index (χ1v) is 8.81. The van der Waals surface area contributed by atoms with Gasteiger partial charge in [0.15, 0.2) is 5.11 Å². The van der Waals surface area contributed by atoms with Crippen molar-refractivity contribution in [1.82, 2.24) is 10.3 Å². The lowest BCUT2D eigenvalue weighted by atomic mass is 10.1. The molecule has 1 aliphatic heterocycles. The third-order valence-corrected chi connectivity index (χ3v) is 4.89. The summed E-state index contributed by atoms with van der Waals surface area (Å²) in [6, 6.07) is 9.31. The largest absolute Gasteiger partial charge is 0.375 e. The number of hydrazone groups is 1. The first kappa shape index (κ1) is 16.2. The standard InChI is InChI=1S/C17H25N5S/c18-17(23)20-19-13-14-5-7-16(8-6-14)22-11-9-21(10-12-22)15-3-1-2-4-15/h5-8,13,15H,1-4,9-12H2,(H3,18,20,23). The number of thiocarbonyl (C=S) groups is 1. The number of nitrogens with two attached hydrogens (primary N) is 1. The molecule has 3 N–H and O–H groups in total. The fourth-order valence-corrected chi connectivity index (χ4v) is 3.61. The zero-order valence-electron chi connectivity index (χ0n) is 13.4. The summed E-state index contributed by atoms with van der Waals surface area (Å²) in [6.45, 7) is 4.61. The van der Waals surface area contributed by atoms with Crippen molar-refractivity contribution in [2.45, 2.75) is 31.7 Å². The SMILES string of the molecule is NC(=S)NN=Cc1ccc(N2CCN(C3CCCC3)CC2)cc1. The topological polar surface area (TPSA) is 56.9 Å². The van der Waals surface area contributed by atoms with Crippen molar-refractivity contribution >= 4 is 29.2 Å². The summed E-state index contributed by atoms with van der Waals surface area (Å²) in [5.74, 6) is 0. The lowest BCUT2D eigenvalue weighted by Crippen LogP contribution is -2.49. The quantitative estimate of drug-likeness (QED) is 0.501. The molecule has 0 radical (unpaired) electrons. The van der Waals surface area contributed by atoms with Crippen LogP contribution in [0.5, 0.6) is 0 Å². The second-order valence-corrected chi connectivity index (χ2v) is 6.73. The summed E-state index contributed by atoms with van der Waals surface area (Å²) in [5, 5.41) is 4.15. The van der Waals surface area contributed by atoms with Gasteiger partial charge in [-0.1, -0.05) is 25.0 Å². The Kier molecular flexibility index (Phi) is 5.46. The highest BCUT2D eigenvalue weighted by Crippen LogP contribution is 2.25. The number of piperazine rings is 1. The van der Waals surface area contributed by atoms with E-state index in [1.54, 1.807) is 6.21 Å². The van der Waals surface area contributed by atoms with Gasteiger partial charge in [-0.2, -0.15) is 5.10 Å². The fourth-order valence-electron chi connectivity index (χ4n) is 3.56. The molecule has 0 amide bonds. The average molecular weight is 331 g/mol. The van der Waals surface area contributed by atoms with Crippen LogP contribution >= 0.6 is 12.2 Å². The van der Waals surface area contributed by atoms with Crippen molar-refractivity contribution in [3.8, 4) is 0 Å². The van der Waals surface area contributed by atoms with Crippen LogP contribution in [0.1, 0.15) is 31.2 Å². The second-order valence-electron chi connectivity index (χ2n) is 6.29. The highest BCUT2D eigenvalue weighted by Gasteiger charge is 2.26. The van der Waals surface area contributed by atoms with Crippen molar-refractivity contribution in [3.63, 3.8) is 0 Å². The van der Waals surface area contributed by atoms with Gasteiger partial charge in [0, 0.05) is 37.9 Å². The van der Waals surface area contributed by atoms with E-state index in [2.05, 4.69) is 44.6 Å². The van der Waals surface area contributed by atoms with Gasteiger partial charge in [-0.15, -0.1) is 0 Å². The molecule has 23 heavy (non-hydrogen) atoms. The monoisotopic (exact) mass is 331 g/mol. The summed E-state index contributed by atoms with van der Waals surface area (Å²) in [6.07, 6.45) is 7.35. The van der Waals surface area contributed by atoms with Crippen LogP contribution in [0.2, 0.25) is 0 Å². The molecule has 0 bridgehead atoms. The Labute approximate surface area is 143 Å². The zero-order chi connectivity index (χ0) is 16.1. The van der Waals surface area contributed by atoms with Gasteiger partial charge in [0.2, 0.25) is 0 Å². The van der Waals surface area contributed by atoms with Crippen LogP contribution < -0.4 is 16.1 Å². The van der Waals surface area contributed by atoms with E-state index in [1.807, 2.05) is 0 Å². The van der Waals surface area contributed by atoms with Crippen molar-refractivity contribution in [2.75, 3.05) is 31.1 Å². The Bertz CT molecular complexity index is 543. The van der Waals surface area contributed by atoms with Crippen molar-refractivity contribution in [2.24, 2.45) is 10.8 Å². The number of benzene rings is 1. The Balaban J connectivity index is 1.52. The van der Waals surface area contributed by atoms with E-state index in [4.69, 9.17) is 18.0 Å². The zero-order valence-corrected chi connectivity index (χ0v) is 14.3. The number of anilines is 1. The second kappa shape index (κ2) is 7.75. The molecule has 2 fully saturated rings. The lowest BCUT2D eigenvalue weighted by Gasteiger charge is -2.39. The van der Waals surface area contributed by atoms with Gasteiger partial charge in [-0.25, -0.2) is 0 Å². The Hall–Kier alpha value is -1.66. The molecule has 0 aromatic heterocycles. The minimum Gasteiger partial charge on any atom is -0.375 e. The predicted octanol–water partition coefficient (Wildman–Crippen LogP) is 1.92. The molecule has 1 aromatic carbocycles. The normalized spacial score (nSPS) is 20.3. The summed E-state index contributed by atoms with van der Waals surface area (Å²) >= 11 is 4.71. The molecule has 2 aliphatic rings. The maximum Gasteiger partial charge on any atom is 0.184 e. The molecular weight excluding hydrogens is 306 g/mol. The van der Waals surface area contributed by atoms with E-state index in [9.17, 15) is 0 Å². The van der Waals surface area contributed by atoms with Gasteiger partial charge in [-0.05, 0) is 42.8 Å². The molecular formula is C17H25N5S. The molecule has 3 rings (SSSR count). The van der Waals surface area contributed by atoms with Gasteiger partial charge in [0.25, 0.3) is 0 Å². The minimum absolute atomic E-state index is 0.179. The molecule has 1 saturated carbocycles. The van der Waals surface area contributed by atoms with Gasteiger partial charge >= 0.3 is 0 Å². The van der Waals surface area contributed by atoms with Crippen LogP contribution in [0, 0.1) is 0 Å². The van der Waals surface area contributed by atoms with Crippen LogP contribution in [0.4, 0.5) is 5.69 Å². The highest BCUT2D eigenvalue weighted by molar-refractivity contribution is 7.80. The lowest BCUT2D eigenvalue weighted by molar-refractivity contribution is 0.187. The van der Waals surface area contributed by atoms with Gasteiger partial charge in [0.05, 0.1) is 6.21 Å². The summed E-state index contributed by atoms with van der Waals surface area (Å²) in [7, 11) is 0. The Morgan fingerprint density at radius 1 is 1.13 bits per heavy atom. The molecule has 6 heteroatoms. The van der Waals surface area contributed by atoms with Crippen LogP contribution in [0.15, 0.2) is 29.4 Å². The predicted molar refractivity (Wildman–Crippen MR) is 100.0 cm³/mol. The molecule has 0 atom stereocenters. The van der Waals surface area contributed by atoms with Gasteiger partial charge < -0.3 is 10.6 Å². The van der Waals surface area contributed by atoms with Gasteiger partial charge in [0.1, 0.15) is 0 Å². The number of nitrogens with zero attached hydrogens (tertiary/aromatic N) is 3. The Morgan fingerprint density at radius 2 is 1.78 bits per heavy atom. The van der Waals surface area contributed by atoms with Crippen LogP contribution in [-0.4, -0.2) is 48.4 Å². The molecule has 1 heterocycles. The molecule has 0 spiro atoms. The van der Waals surface area contributed by atoms with E-state index in [0.717, 1.165) is 24.7 Å². The molecule has 1 saturated heterocycles. The molecule has 1 aliphatic carbocycles. The summed E-state index contributed by atoms with van der Waals surface area (Å²) in [4.78, 5) is 5.16. The van der Waals surface area contributed by atoms with Crippen LogP contribution in [-0.2, 0) is 0 Å². The number of hydrogen-bond donors (Lipinski definition) is 2. The molecule has 5 nitrogen and oxygen atoms in total. The third kappa shape index (κ3) is 4.42. The summed E-state index contributed by atoms with van der Waals surface area (Å²) < 4.78 is 0. The first-order chi connectivity index (χ1) is 11.2. The van der Waals surface area contributed by atoms with Crippen LogP contribution in [0.3, 0.4) is 0 Å². The van der Waals surface area contributed by atoms with Crippen LogP contribution in [0.25, 0.3) is 0 Å². The smallest absolute Gasteiger partial charge is 0.184 e. The minimum atomic E-state index is 0.179. The number of nitrogens with one attached hydrogen (secondary N) is 1. The fraction of sp³-hybridized carbons (Fsp3) is 0.529. The van der Waals surface area contributed by atoms with Crippen molar-refractivity contribution < 1.29 is 0 Å².